The summed E-state index contributed by atoms with van der Waals surface area (Å²) in [7, 11) is 0. The molecule has 2 aromatic rings. The van der Waals surface area contributed by atoms with E-state index in [9.17, 15) is 4.79 Å². The molecule has 0 radical (unpaired) electrons. The summed E-state index contributed by atoms with van der Waals surface area (Å²) in [6.07, 6.45) is 2.53. The highest BCUT2D eigenvalue weighted by atomic mass is 16.3. The number of carbonyl (C=O) groups excluding carboxylic acids is 1. The lowest BCUT2D eigenvalue weighted by atomic mass is 9.91. The van der Waals surface area contributed by atoms with E-state index in [1.165, 1.54) is 0 Å². The fraction of sp³-hybridized carbons (Fsp3) is 0.438. The highest BCUT2D eigenvalue weighted by molar-refractivity contribution is 6.09. The summed E-state index contributed by atoms with van der Waals surface area (Å²) < 4.78 is 5.79. The van der Waals surface area contributed by atoms with Gasteiger partial charge in [0.05, 0.1) is 5.56 Å². The van der Waals surface area contributed by atoms with E-state index in [0.717, 1.165) is 41.6 Å². The summed E-state index contributed by atoms with van der Waals surface area (Å²) in [4.78, 5) is 12.6. The molecule has 96 valence electrons. The maximum Gasteiger partial charge on any atom is 0.170 e. The Balaban J connectivity index is 2.57. The van der Waals surface area contributed by atoms with Crippen molar-refractivity contribution in [2.75, 3.05) is 0 Å². The van der Waals surface area contributed by atoms with Crippen molar-refractivity contribution in [3.8, 4) is 0 Å². The third kappa shape index (κ3) is 2.07. The summed E-state index contributed by atoms with van der Waals surface area (Å²) in [5.74, 6) is 1.17. The maximum atomic E-state index is 12.6. The number of carbonyl (C=O) groups is 1. The SMILES string of the molecule is CCc1oc2ccccc2c1C(=O)C(CC)CC. The molecule has 0 unspecified atom stereocenters. The van der Waals surface area contributed by atoms with E-state index in [1.54, 1.807) is 0 Å². The van der Waals surface area contributed by atoms with Crippen LogP contribution in [0.4, 0.5) is 0 Å². The number of rotatable bonds is 5. The van der Waals surface area contributed by atoms with E-state index in [1.807, 2.05) is 31.2 Å². The number of para-hydroxylation sites is 1. The molecule has 0 aliphatic carbocycles. The van der Waals surface area contributed by atoms with Crippen LogP contribution in [0.3, 0.4) is 0 Å². The fourth-order valence-corrected chi connectivity index (χ4v) is 2.48. The monoisotopic (exact) mass is 244 g/mol. The summed E-state index contributed by atoms with van der Waals surface area (Å²) in [6, 6.07) is 7.81. The second kappa shape index (κ2) is 5.38. The predicted molar refractivity (Wildman–Crippen MR) is 74.0 cm³/mol. The first-order valence-electron chi connectivity index (χ1n) is 6.77. The number of hydrogen-bond donors (Lipinski definition) is 0. The number of benzene rings is 1. The highest BCUT2D eigenvalue weighted by Gasteiger charge is 2.24. The van der Waals surface area contributed by atoms with Crippen molar-refractivity contribution in [1.82, 2.24) is 0 Å². The van der Waals surface area contributed by atoms with Crippen molar-refractivity contribution in [3.05, 3.63) is 35.6 Å². The van der Waals surface area contributed by atoms with Gasteiger partial charge in [-0.15, -0.1) is 0 Å². The highest BCUT2D eigenvalue weighted by Crippen LogP contribution is 2.29. The zero-order chi connectivity index (χ0) is 13.1. The largest absolute Gasteiger partial charge is 0.460 e. The third-order valence-electron chi connectivity index (χ3n) is 3.59. The lowest BCUT2D eigenvalue weighted by Gasteiger charge is -2.10. The van der Waals surface area contributed by atoms with Gasteiger partial charge >= 0.3 is 0 Å². The van der Waals surface area contributed by atoms with Gasteiger partial charge < -0.3 is 4.42 Å². The van der Waals surface area contributed by atoms with Gasteiger partial charge in [-0.1, -0.05) is 39.0 Å². The molecule has 0 N–H and O–H groups in total. The second-order valence-corrected chi connectivity index (χ2v) is 4.63. The van der Waals surface area contributed by atoms with Crippen molar-refractivity contribution in [3.63, 3.8) is 0 Å². The standard InChI is InChI=1S/C16H20O2/c1-4-11(5-2)16(17)15-12-9-7-8-10-14(12)18-13(15)6-3/h7-11H,4-6H2,1-3H3. The van der Waals surface area contributed by atoms with Crippen LogP contribution in [0.25, 0.3) is 11.0 Å². The van der Waals surface area contributed by atoms with Crippen molar-refractivity contribution >= 4 is 16.8 Å². The first-order valence-corrected chi connectivity index (χ1v) is 6.77. The van der Waals surface area contributed by atoms with Crippen molar-refractivity contribution in [1.29, 1.82) is 0 Å². The van der Waals surface area contributed by atoms with Gasteiger partial charge in [-0.3, -0.25) is 4.79 Å². The van der Waals surface area contributed by atoms with Crippen molar-refractivity contribution in [2.45, 2.75) is 40.0 Å². The van der Waals surface area contributed by atoms with E-state index in [0.29, 0.717) is 0 Å². The minimum atomic E-state index is 0.108. The van der Waals surface area contributed by atoms with E-state index in [4.69, 9.17) is 4.42 Å². The molecule has 0 aliphatic heterocycles. The molecule has 0 saturated heterocycles. The average Bonchev–Trinajstić information content (AvgIpc) is 2.78. The van der Waals surface area contributed by atoms with Crippen LogP contribution in [-0.4, -0.2) is 5.78 Å². The molecule has 2 rings (SSSR count). The molecule has 0 bridgehead atoms. The molecule has 0 fully saturated rings. The van der Waals surface area contributed by atoms with Crippen LogP contribution < -0.4 is 0 Å². The Morgan fingerprint density at radius 3 is 2.44 bits per heavy atom. The molecule has 0 amide bonds. The summed E-state index contributed by atoms with van der Waals surface area (Å²) in [5.41, 5.74) is 1.63. The zero-order valence-electron chi connectivity index (χ0n) is 11.3. The topological polar surface area (TPSA) is 30.2 Å². The van der Waals surface area contributed by atoms with Gasteiger partial charge in [0.15, 0.2) is 5.78 Å². The Labute approximate surface area is 108 Å². The van der Waals surface area contributed by atoms with Gasteiger partial charge in [0.1, 0.15) is 11.3 Å². The van der Waals surface area contributed by atoms with E-state index in [2.05, 4.69) is 13.8 Å². The van der Waals surface area contributed by atoms with Crippen LogP contribution in [0.5, 0.6) is 0 Å². The Kier molecular flexibility index (Phi) is 3.85. The Hall–Kier alpha value is -1.57. The van der Waals surface area contributed by atoms with E-state index in [-0.39, 0.29) is 11.7 Å². The lowest BCUT2D eigenvalue weighted by Crippen LogP contribution is -2.14. The summed E-state index contributed by atoms with van der Waals surface area (Å²) in [6.45, 7) is 6.17. The molecule has 1 aromatic carbocycles. The van der Waals surface area contributed by atoms with Crippen LogP contribution in [0, 0.1) is 5.92 Å². The first kappa shape index (κ1) is 12.9. The van der Waals surface area contributed by atoms with Crippen molar-refractivity contribution in [2.24, 2.45) is 5.92 Å². The van der Waals surface area contributed by atoms with Crippen LogP contribution in [0.1, 0.15) is 49.7 Å². The van der Waals surface area contributed by atoms with Gasteiger partial charge in [0, 0.05) is 17.7 Å². The van der Waals surface area contributed by atoms with Gasteiger partial charge in [0.2, 0.25) is 0 Å². The average molecular weight is 244 g/mol. The molecule has 0 atom stereocenters. The predicted octanol–water partition coefficient (Wildman–Crippen LogP) is 4.61. The molecule has 1 heterocycles. The normalized spacial score (nSPS) is 11.3. The van der Waals surface area contributed by atoms with Crippen LogP contribution in [-0.2, 0) is 6.42 Å². The fourth-order valence-electron chi connectivity index (χ4n) is 2.48. The van der Waals surface area contributed by atoms with Gasteiger partial charge in [-0.2, -0.15) is 0 Å². The lowest BCUT2D eigenvalue weighted by molar-refractivity contribution is 0.0913. The molecule has 0 saturated carbocycles. The van der Waals surface area contributed by atoms with Gasteiger partial charge in [0.25, 0.3) is 0 Å². The zero-order valence-corrected chi connectivity index (χ0v) is 11.3. The number of hydrogen-bond acceptors (Lipinski definition) is 2. The second-order valence-electron chi connectivity index (χ2n) is 4.63. The number of Topliss-reactive ketones (excluding diaryl/α,β-unsaturated/α-hetero) is 1. The van der Waals surface area contributed by atoms with Crippen LogP contribution >= 0.6 is 0 Å². The van der Waals surface area contributed by atoms with Crippen molar-refractivity contribution < 1.29 is 9.21 Å². The molecular formula is C16H20O2. The number of aryl methyl sites for hydroxylation is 1. The van der Waals surface area contributed by atoms with Gasteiger partial charge in [-0.25, -0.2) is 0 Å². The minimum Gasteiger partial charge on any atom is -0.460 e. The quantitative estimate of drug-likeness (QED) is 0.719. The Morgan fingerprint density at radius 1 is 1.17 bits per heavy atom. The maximum absolute atomic E-state index is 12.6. The molecule has 0 spiro atoms. The number of furan rings is 1. The minimum absolute atomic E-state index is 0.108. The van der Waals surface area contributed by atoms with Crippen LogP contribution in [0.15, 0.2) is 28.7 Å². The van der Waals surface area contributed by atoms with E-state index < -0.39 is 0 Å². The molecule has 1 aromatic heterocycles. The first-order chi connectivity index (χ1) is 8.72. The van der Waals surface area contributed by atoms with E-state index >= 15 is 0 Å². The molecule has 0 aliphatic rings. The summed E-state index contributed by atoms with van der Waals surface area (Å²) >= 11 is 0. The smallest absolute Gasteiger partial charge is 0.170 e. The van der Waals surface area contributed by atoms with Gasteiger partial charge in [-0.05, 0) is 18.9 Å². The Bertz CT molecular complexity index is 547. The molecule has 2 heteroatoms. The Morgan fingerprint density at radius 2 is 1.83 bits per heavy atom. The number of ketones is 1. The third-order valence-corrected chi connectivity index (χ3v) is 3.59. The molecule has 2 nitrogen and oxygen atoms in total. The molecular weight excluding hydrogens is 224 g/mol. The van der Waals surface area contributed by atoms with Crippen LogP contribution in [0.2, 0.25) is 0 Å². The number of fused-ring (bicyclic) bond motifs is 1. The summed E-state index contributed by atoms with van der Waals surface area (Å²) in [5, 5.41) is 0.964. The molecule has 18 heavy (non-hydrogen) atoms.